The number of ether oxygens (including phenoxy) is 1. The largest absolute Gasteiger partial charge is 0.466 e. The smallest absolute Gasteiger partial charge is 0.330 e. The number of allylic oxidation sites excluding steroid dienone is 2. The molecule has 0 aromatic carbocycles. The number of pyridine rings is 1. The predicted molar refractivity (Wildman–Crippen MR) is 145 cm³/mol. The van der Waals surface area contributed by atoms with Crippen LogP contribution in [0.15, 0.2) is 53.7 Å². The molecule has 0 aliphatic rings. The lowest BCUT2D eigenvalue weighted by molar-refractivity contribution is -0.134. The van der Waals surface area contributed by atoms with Gasteiger partial charge in [-0.25, -0.2) is 9.78 Å². The van der Waals surface area contributed by atoms with Gasteiger partial charge in [0.05, 0.1) is 13.3 Å². The standard InChI is InChI=1S/C25H30N6O7S/c1-5-15(2)27-20(33)14-31-12-8-10-18(24(31)37)30-22(35)17(9-6-7-11-21(34)38-4)29-23(36)19-13-26-25(39-19)28-16(3)32/h7-8,10-13,17H,2,5-6,9,14H2,1,3-4H3,(H,27,33)(H,29,36)(H,30,35)(H,26,28,32)/b11-7+. The first-order valence-electron chi connectivity index (χ1n) is 11.8. The van der Waals surface area contributed by atoms with Crippen LogP contribution in [0.1, 0.15) is 42.8 Å². The van der Waals surface area contributed by atoms with Crippen LogP contribution in [0.4, 0.5) is 10.8 Å². The van der Waals surface area contributed by atoms with E-state index in [-0.39, 0.29) is 41.0 Å². The second kappa shape index (κ2) is 15.0. The quantitative estimate of drug-likeness (QED) is 0.211. The molecule has 2 heterocycles. The molecule has 0 aliphatic carbocycles. The zero-order valence-corrected chi connectivity index (χ0v) is 22.6. The third-order valence-electron chi connectivity index (χ3n) is 5.05. The number of amides is 4. The van der Waals surface area contributed by atoms with Crippen molar-refractivity contribution in [2.45, 2.75) is 45.7 Å². The third-order valence-corrected chi connectivity index (χ3v) is 5.96. The van der Waals surface area contributed by atoms with Crippen molar-refractivity contribution in [2.75, 3.05) is 17.7 Å². The molecule has 13 nitrogen and oxygen atoms in total. The summed E-state index contributed by atoms with van der Waals surface area (Å²) in [5.41, 5.74) is -0.219. The number of hydrogen-bond donors (Lipinski definition) is 4. The maximum absolute atomic E-state index is 13.1. The number of anilines is 2. The molecule has 0 bridgehead atoms. The SMILES string of the molecule is C=C(CC)NC(=O)Cn1cccc(NC(=O)C(CC/C=C/C(=O)OC)NC(=O)c2cnc(NC(C)=O)s2)c1=O. The first-order chi connectivity index (χ1) is 18.5. The Kier molecular flexibility index (Phi) is 11.8. The van der Waals surface area contributed by atoms with E-state index in [1.54, 1.807) is 0 Å². The molecule has 2 aromatic rings. The number of aromatic nitrogens is 2. The first kappa shape index (κ1) is 30.6. The number of methoxy groups -OCH3 is 1. The molecule has 0 saturated carbocycles. The molecular formula is C25H30N6O7S. The van der Waals surface area contributed by atoms with Crippen LogP contribution in [0.3, 0.4) is 0 Å². The summed E-state index contributed by atoms with van der Waals surface area (Å²) in [6, 6.07) is 1.75. The number of rotatable bonds is 13. The number of esters is 1. The molecule has 14 heteroatoms. The molecule has 0 aliphatic heterocycles. The van der Waals surface area contributed by atoms with Crippen molar-refractivity contribution in [3.8, 4) is 0 Å². The fourth-order valence-electron chi connectivity index (χ4n) is 3.05. The van der Waals surface area contributed by atoms with E-state index in [4.69, 9.17) is 0 Å². The number of nitrogens with one attached hydrogen (secondary N) is 4. The van der Waals surface area contributed by atoms with Crippen LogP contribution in [0.5, 0.6) is 0 Å². The van der Waals surface area contributed by atoms with E-state index < -0.39 is 35.3 Å². The Balaban J connectivity index is 2.19. The van der Waals surface area contributed by atoms with Crippen LogP contribution in [0.25, 0.3) is 0 Å². The van der Waals surface area contributed by atoms with Crippen LogP contribution >= 0.6 is 11.3 Å². The normalized spacial score (nSPS) is 11.4. The Morgan fingerprint density at radius 1 is 1.23 bits per heavy atom. The highest BCUT2D eigenvalue weighted by molar-refractivity contribution is 7.17. The highest BCUT2D eigenvalue weighted by Gasteiger charge is 2.23. The Morgan fingerprint density at radius 2 is 1.97 bits per heavy atom. The summed E-state index contributed by atoms with van der Waals surface area (Å²) < 4.78 is 5.66. The Bertz CT molecular complexity index is 1330. The minimum Gasteiger partial charge on any atom is -0.466 e. The molecular weight excluding hydrogens is 528 g/mol. The monoisotopic (exact) mass is 558 g/mol. The second-order valence-corrected chi connectivity index (χ2v) is 9.12. The molecule has 4 N–H and O–H groups in total. The lowest BCUT2D eigenvalue weighted by Gasteiger charge is -2.18. The molecule has 0 spiro atoms. The molecule has 4 amide bonds. The highest BCUT2D eigenvalue weighted by atomic mass is 32.1. The zero-order chi connectivity index (χ0) is 28.9. The highest BCUT2D eigenvalue weighted by Crippen LogP contribution is 2.18. The van der Waals surface area contributed by atoms with Gasteiger partial charge >= 0.3 is 5.97 Å². The van der Waals surface area contributed by atoms with E-state index >= 15 is 0 Å². The Hall–Kier alpha value is -4.59. The van der Waals surface area contributed by atoms with Gasteiger partial charge in [0.2, 0.25) is 17.7 Å². The van der Waals surface area contributed by atoms with Crippen molar-refractivity contribution < 1.29 is 28.7 Å². The van der Waals surface area contributed by atoms with E-state index in [0.29, 0.717) is 12.1 Å². The lowest BCUT2D eigenvalue weighted by Crippen LogP contribution is -2.44. The van der Waals surface area contributed by atoms with E-state index in [1.165, 1.54) is 50.7 Å². The summed E-state index contributed by atoms with van der Waals surface area (Å²) in [7, 11) is 1.23. The lowest BCUT2D eigenvalue weighted by atomic mass is 10.1. The van der Waals surface area contributed by atoms with Crippen LogP contribution in [0.2, 0.25) is 0 Å². The average Bonchev–Trinajstić information content (AvgIpc) is 3.35. The summed E-state index contributed by atoms with van der Waals surface area (Å²) in [5.74, 6) is -2.70. The number of thiazole rings is 1. The van der Waals surface area contributed by atoms with Gasteiger partial charge in [-0.3, -0.25) is 24.0 Å². The zero-order valence-electron chi connectivity index (χ0n) is 21.7. The van der Waals surface area contributed by atoms with E-state index in [2.05, 4.69) is 37.6 Å². The summed E-state index contributed by atoms with van der Waals surface area (Å²) in [6.45, 7) is 6.53. The van der Waals surface area contributed by atoms with Gasteiger partial charge in [-0.15, -0.1) is 0 Å². The van der Waals surface area contributed by atoms with Gasteiger partial charge in [0, 0.05) is 24.9 Å². The van der Waals surface area contributed by atoms with Crippen molar-refractivity contribution >= 4 is 51.8 Å². The first-order valence-corrected chi connectivity index (χ1v) is 12.6. The van der Waals surface area contributed by atoms with Gasteiger partial charge in [-0.1, -0.05) is 30.9 Å². The van der Waals surface area contributed by atoms with E-state index in [1.807, 2.05) is 6.92 Å². The average molecular weight is 559 g/mol. The molecule has 1 atom stereocenters. The molecule has 1 unspecified atom stereocenters. The molecule has 2 rings (SSSR count). The van der Waals surface area contributed by atoms with Crippen LogP contribution < -0.4 is 26.8 Å². The van der Waals surface area contributed by atoms with Crippen LogP contribution in [0, 0.1) is 0 Å². The van der Waals surface area contributed by atoms with Gasteiger partial charge in [0.25, 0.3) is 11.5 Å². The maximum atomic E-state index is 13.1. The van der Waals surface area contributed by atoms with Crippen LogP contribution in [-0.2, 0) is 30.5 Å². The van der Waals surface area contributed by atoms with Crippen molar-refractivity contribution in [1.82, 2.24) is 20.2 Å². The molecule has 0 radical (unpaired) electrons. The van der Waals surface area contributed by atoms with Gasteiger partial charge < -0.3 is 30.6 Å². The molecule has 0 fully saturated rings. The van der Waals surface area contributed by atoms with Gasteiger partial charge in [-0.05, 0) is 31.4 Å². The number of hydrogen-bond acceptors (Lipinski definition) is 9. The molecule has 2 aromatic heterocycles. The van der Waals surface area contributed by atoms with E-state index in [9.17, 15) is 28.8 Å². The fraction of sp³-hybridized carbons (Fsp3) is 0.320. The summed E-state index contributed by atoms with van der Waals surface area (Å²) >= 11 is 0.919. The summed E-state index contributed by atoms with van der Waals surface area (Å²) in [5, 5.41) is 10.4. The van der Waals surface area contributed by atoms with Gasteiger partial charge in [0.1, 0.15) is 23.2 Å². The summed E-state index contributed by atoms with van der Waals surface area (Å²) in [4.78, 5) is 77.7. The fourth-order valence-corrected chi connectivity index (χ4v) is 3.82. The van der Waals surface area contributed by atoms with Gasteiger partial charge in [0.15, 0.2) is 5.13 Å². The van der Waals surface area contributed by atoms with Crippen molar-refractivity contribution in [1.29, 1.82) is 0 Å². The van der Waals surface area contributed by atoms with Crippen molar-refractivity contribution in [2.24, 2.45) is 0 Å². The Labute approximate surface area is 228 Å². The number of carbonyl (C=O) groups is 5. The van der Waals surface area contributed by atoms with Crippen molar-refractivity contribution in [3.05, 3.63) is 64.2 Å². The van der Waals surface area contributed by atoms with Crippen molar-refractivity contribution in [3.63, 3.8) is 0 Å². The third kappa shape index (κ3) is 10.0. The second-order valence-electron chi connectivity index (χ2n) is 8.09. The molecule has 0 saturated heterocycles. The maximum Gasteiger partial charge on any atom is 0.330 e. The summed E-state index contributed by atoms with van der Waals surface area (Å²) in [6.07, 6.45) is 6.16. The van der Waals surface area contributed by atoms with Gasteiger partial charge in [-0.2, -0.15) is 0 Å². The number of carbonyl (C=O) groups excluding carboxylic acids is 5. The molecule has 39 heavy (non-hydrogen) atoms. The Morgan fingerprint density at radius 3 is 2.64 bits per heavy atom. The topological polar surface area (TPSA) is 178 Å². The predicted octanol–water partition coefficient (Wildman–Crippen LogP) is 1.55. The molecule has 208 valence electrons. The minimum atomic E-state index is -1.12. The van der Waals surface area contributed by atoms with Crippen LogP contribution in [-0.4, -0.2) is 52.3 Å². The van der Waals surface area contributed by atoms with E-state index in [0.717, 1.165) is 15.9 Å². The number of nitrogens with zero attached hydrogens (tertiary/aromatic N) is 2. The minimum absolute atomic E-state index is 0.0744.